The molecule has 98 valence electrons. The Morgan fingerprint density at radius 2 is 2.06 bits per heavy atom. The first-order chi connectivity index (χ1) is 8.59. The average Bonchev–Trinajstić information content (AvgIpc) is 2.31. The zero-order chi connectivity index (χ0) is 13.4. The predicted octanol–water partition coefficient (Wildman–Crippen LogP) is 0.684. The van der Waals surface area contributed by atoms with E-state index in [0.29, 0.717) is 12.0 Å². The van der Waals surface area contributed by atoms with Crippen LogP contribution in [0.15, 0.2) is 24.3 Å². The van der Waals surface area contributed by atoms with Crippen molar-refractivity contribution in [3.8, 4) is 0 Å². The summed E-state index contributed by atoms with van der Waals surface area (Å²) in [7, 11) is 0. The van der Waals surface area contributed by atoms with Gasteiger partial charge in [0.05, 0.1) is 0 Å². The van der Waals surface area contributed by atoms with Crippen molar-refractivity contribution in [3.63, 3.8) is 0 Å². The molecule has 1 aromatic rings. The van der Waals surface area contributed by atoms with Gasteiger partial charge < -0.3 is 10.4 Å². The van der Waals surface area contributed by atoms with Crippen molar-refractivity contribution in [1.82, 2.24) is 10.8 Å². The van der Waals surface area contributed by atoms with Crippen molar-refractivity contribution < 1.29 is 23.9 Å². The van der Waals surface area contributed by atoms with Gasteiger partial charge in [0.1, 0.15) is 5.82 Å². The molecule has 0 aromatic heterocycles. The van der Waals surface area contributed by atoms with Gasteiger partial charge in [0, 0.05) is 6.54 Å². The molecule has 1 aromatic carbocycles. The Balaban J connectivity index is 2.20. The van der Waals surface area contributed by atoms with Crippen LogP contribution < -0.4 is 10.8 Å². The van der Waals surface area contributed by atoms with Crippen molar-refractivity contribution in [2.75, 3.05) is 13.2 Å². The van der Waals surface area contributed by atoms with Crippen LogP contribution in [0.25, 0.3) is 0 Å². The second-order valence-corrected chi connectivity index (χ2v) is 3.38. The third-order valence-electron chi connectivity index (χ3n) is 2.00. The number of rotatable bonds is 6. The smallest absolute Gasteiger partial charge is 0.338 e. The number of halogens is 1. The lowest BCUT2D eigenvalue weighted by Crippen LogP contribution is -2.37. The summed E-state index contributed by atoms with van der Waals surface area (Å²) < 4.78 is 13.2. The van der Waals surface area contributed by atoms with Crippen LogP contribution in [0.5, 0.6) is 0 Å². The molecule has 0 bridgehead atoms. The van der Waals surface area contributed by atoms with E-state index < -0.39 is 18.6 Å². The second-order valence-electron chi connectivity index (χ2n) is 3.38. The molecule has 0 saturated heterocycles. The fourth-order valence-corrected chi connectivity index (χ4v) is 1.21. The third kappa shape index (κ3) is 5.26. The number of hydrogen-bond donors (Lipinski definition) is 3. The molecular weight excluding hydrogens is 243 g/mol. The zero-order valence-corrected chi connectivity index (χ0v) is 9.48. The normalized spacial score (nSPS) is 9.83. The molecular formula is C11H13FN2O4. The van der Waals surface area contributed by atoms with Crippen LogP contribution in [0.1, 0.15) is 5.56 Å². The van der Waals surface area contributed by atoms with Crippen LogP contribution in [0.3, 0.4) is 0 Å². The van der Waals surface area contributed by atoms with Crippen LogP contribution in [-0.4, -0.2) is 30.3 Å². The van der Waals surface area contributed by atoms with Crippen molar-refractivity contribution >= 4 is 12.0 Å². The summed E-state index contributed by atoms with van der Waals surface area (Å²) in [5, 5.41) is 10.6. The van der Waals surface area contributed by atoms with Crippen molar-refractivity contribution in [3.05, 3.63) is 35.6 Å². The molecule has 0 aliphatic carbocycles. The molecule has 7 heteroatoms. The minimum Gasteiger partial charge on any atom is -0.479 e. The van der Waals surface area contributed by atoms with Crippen LogP contribution in [0.2, 0.25) is 0 Å². The lowest BCUT2D eigenvalue weighted by atomic mass is 10.1. The summed E-state index contributed by atoms with van der Waals surface area (Å²) in [5.41, 5.74) is 2.38. The van der Waals surface area contributed by atoms with E-state index in [-0.39, 0.29) is 12.4 Å². The number of urea groups is 1. The summed E-state index contributed by atoms with van der Waals surface area (Å²) in [5.74, 6) is -1.52. The number of nitrogens with one attached hydrogen (secondary N) is 2. The van der Waals surface area contributed by atoms with Gasteiger partial charge in [0.2, 0.25) is 0 Å². The molecule has 0 saturated carbocycles. The molecule has 0 fully saturated rings. The minimum absolute atomic E-state index is 0.212. The highest BCUT2D eigenvalue weighted by molar-refractivity contribution is 5.73. The first-order valence-electron chi connectivity index (χ1n) is 5.20. The summed E-state index contributed by atoms with van der Waals surface area (Å²) >= 11 is 0. The van der Waals surface area contributed by atoms with Crippen LogP contribution in [0, 0.1) is 5.82 Å². The maximum atomic E-state index is 13.2. The molecule has 18 heavy (non-hydrogen) atoms. The Morgan fingerprint density at radius 3 is 2.72 bits per heavy atom. The van der Waals surface area contributed by atoms with Gasteiger partial charge in [-0.3, -0.25) is 4.84 Å². The molecule has 0 unspecified atom stereocenters. The number of amides is 2. The van der Waals surface area contributed by atoms with Crippen LogP contribution >= 0.6 is 0 Å². The van der Waals surface area contributed by atoms with E-state index in [4.69, 9.17) is 5.11 Å². The first kappa shape index (κ1) is 13.9. The summed E-state index contributed by atoms with van der Waals surface area (Å²) in [6.07, 6.45) is 0.332. The SMILES string of the molecule is O=C(O)CONC(=O)NCCc1ccccc1F. The molecule has 2 amide bonds. The van der Waals surface area contributed by atoms with Gasteiger partial charge in [0.15, 0.2) is 6.61 Å². The first-order valence-corrected chi connectivity index (χ1v) is 5.20. The highest BCUT2D eigenvalue weighted by Gasteiger charge is 2.04. The number of carboxylic acids is 1. The predicted molar refractivity (Wildman–Crippen MR) is 60.2 cm³/mol. The molecule has 0 heterocycles. The summed E-state index contributed by atoms with van der Waals surface area (Å²) in [6.45, 7) is -0.413. The van der Waals surface area contributed by atoms with Crippen LogP contribution in [0.4, 0.5) is 9.18 Å². The lowest BCUT2D eigenvalue weighted by Gasteiger charge is -2.07. The number of benzene rings is 1. The van der Waals surface area contributed by atoms with Gasteiger partial charge in [-0.15, -0.1) is 0 Å². The molecule has 3 N–H and O–H groups in total. The van der Waals surface area contributed by atoms with E-state index in [1.807, 2.05) is 5.48 Å². The van der Waals surface area contributed by atoms with Gasteiger partial charge >= 0.3 is 12.0 Å². The Bertz CT molecular complexity index is 425. The van der Waals surface area contributed by atoms with Gasteiger partial charge in [0.25, 0.3) is 0 Å². The average molecular weight is 256 g/mol. The number of aliphatic carboxylic acids is 1. The fourth-order valence-electron chi connectivity index (χ4n) is 1.21. The quantitative estimate of drug-likeness (QED) is 0.653. The van der Waals surface area contributed by atoms with Gasteiger partial charge in [-0.1, -0.05) is 18.2 Å². The van der Waals surface area contributed by atoms with Crippen molar-refractivity contribution in [2.45, 2.75) is 6.42 Å². The molecule has 0 spiro atoms. The molecule has 0 aliphatic rings. The Morgan fingerprint density at radius 1 is 1.33 bits per heavy atom. The third-order valence-corrected chi connectivity index (χ3v) is 2.00. The molecule has 0 radical (unpaired) electrons. The van der Waals surface area contributed by atoms with E-state index in [9.17, 15) is 14.0 Å². The van der Waals surface area contributed by atoms with E-state index in [0.717, 1.165) is 0 Å². The molecule has 6 nitrogen and oxygen atoms in total. The highest BCUT2D eigenvalue weighted by atomic mass is 19.1. The maximum Gasteiger partial charge on any atom is 0.338 e. The zero-order valence-electron chi connectivity index (χ0n) is 9.48. The number of hydroxylamine groups is 1. The van der Waals surface area contributed by atoms with Gasteiger partial charge in [-0.2, -0.15) is 0 Å². The van der Waals surface area contributed by atoms with Gasteiger partial charge in [-0.25, -0.2) is 19.5 Å². The van der Waals surface area contributed by atoms with Crippen molar-refractivity contribution in [1.29, 1.82) is 0 Å². The van der Waals surface area contributed by atoms with E-state index in [1.165, 1.54) is 6.07 Å². The molecule has 1 rings (SSSR count). The monoisotopic (exact) mass is 256 g/mol. The van der Waals surface area contributed by atoms with E-state index in [2.05, 4.69) is 10.2 Å². The summed E-state index contributed by atoms with van der Waals surface area (Å²) in [6, 6.07) is 5.57. The topological polar surface area (TPSA) is 87.7 Å². The largest absolute Gasteiger partial charge is 0.479 e. The summed E-state index contributed by atoms with van der Waals surface area (Å²) in [4.78, 5) is 25.5. The van der Waals surface area contributed by atoms with Crippen LogP contribution in [-0.2, 0) is 16.1 Å². The van der Waals surface area contributed by atoms with Crippen molar-refractivity contribution in [2.24, 2.45) is 0 Å². The van der Waals surface area contributed by atoms with E-state index >= 15 is 0 Å². The number of hydrogen-bond acceptors (Lipinski definition) is 3. The minimum atomic E-state index is -1.19. The Hall–Kier alpha value is -2.15. The Kier molecular flexibility index (Phi) is 5.59. The second kappa shape index (κ2) is 7.23. The highest BCUT2D eigenvalue weighted by Crippen LogP contribution is 2.05. The number of carboxylic acid groups (broad SMARTS) is 1. The maximum absolute atomic E-state index is 13.2. The number of carbonyl (C=O) groups excluding carboxylic acids is 1. The lowest BCUT2D eigenvalue weighted by molar-refractivity contribution is -0.144. The Labute approximate surface area is 103 Å². The number of carbonyl (C=O) groups is 2. The molecule has 0 aliphatic heterocycles. The fraction of sp³-hybridized carbons (Fsp3) is 0.273. The molecule has 0 atom stereocenters. The standard InChI is InChI=1S/C11H13FN2O4/c12-9-4-2-1-3-8(9)5-6-13-11(17)14-18-7-10(15)16/h1-4H,5-7H2,(H,15,16)(H2,13,14,17). The van der Waals surface area contributed by atoms with E-state index in [1.54, 1.807) is 18.2 Å². The van der Waals surface area contributed by atoms with Gasteiger partial charge in [-0.05, 0) is 18.1 Å².